The van der Waals surface area contributed by atoms with Crippen LogP contribution in [-0.2, 0) is 5.88 Å². The first-order valence-corrected chi connectivity index (χ1v) is 4.86. The van der Waals surface area contributed by atoms with Gasteiger partial charge in [0.1, 0.15) is 0 Å². The number of hydrogen-bond acceptors (Lipinski definition) is 0. The SMILES string of the molecule is Cc1cc(CCl)c(Br)cc1Cl. The zero-order valence-corrected chi connectivity index (χ0v) is 9.09. The third kappa shape index (κ3) is 2.11. The average Bonchev–Trinajstić information content (AvgIpc) is 1.97. The zero-order chi connectivity index (χ0) is 8.43. The van der Waals surface area contributed by atoms with Crippen molar-refractivity contribution in [1.82, 2.24) is 0 Å². The number of halogens is 3. The van der Waals surface area contributed by atoms with Crippen molar-refractivity contribution >= 4 is 39.1 Å². The highest BCUT2D eigenvalue weighted by Crippen LogP contribution is 2.26. The highest BCUT2D eigenvalue weighted by atomic mass is 79.9. The maximum Gasteiger partial charge on any atom is 0.0485 e. The van der Waals surface area contributed by atoms with Crippen LogP contribution in [0.1, 0.15) is 11.1 Å². The van der Waals surface area contributed by atoms with Gasteiger partial charge in [-0.15, -0.1) is 11.6 Å². The van der Waals surface area contributed by atoms with Crippen molar-refractivity contribution in [2.45, 2.75) is 12.8 Å². The number of aryl methyl sites for hydroxylation is 1. The smallest absolute Gasteiger partial charge is 0.0485 e. The Kier molecular flexibility index (Phi) is 3.23. The Balaban J connectivity index is 3.21. The lowest BCUT2D eigenvalue weighted by Crippen LogP contribution is -1.83. The predicted octanol–water partition coefficient (Wildman–Crippen LogP) is 4.15. The van der Waals surface area contributed by atoms with Crippen LogP contribution in [0.4, 0.5) is 0 Å². The quantitative estimate of drug-likeness (QED) is 0.660. The van der Waals surface area contributed by atoms with Gasteiger partial charge in [0.2, 0.25) is 0 Å². The van der Waals surface area contributed by atoms with Crippen molar-refractivity contribution < 1.29 is 0 Å². The van der Waals surface area contributed by atoms with Gasteiger partial charge in [0.05, 0.1) is 0 Å². The molecular weight excluding hydrogens is 247 g/mol. The number of rotatable bonds is 1. The van der Waals surface area contributed by atoms with Gasteiger partial charge >= 0.3 is 0 Å². The number of alkyl halides is 1. The van der Waals surface area contributed by atoms with Gasteiger partial charge in [-0.05, 0) is 24.1 Å². The molecule has 1 rings (SSSR count). The van der Waals surface area contributed by atoms with Crippen molar-refractivity contribution in [3.8, 4) is 0 Å². The second-order valence-electron chi connectivity index (χ2n) is 2.33. The molecule has 11 heavy (non-hydrogen) atoms. The van der Waals surface area contributed by atoms with Gasteiger partial charge in [0.15, 0.2) is 0 Å². The Morgan fingerprint density at radius 3 is 2.64 bits per heavy atom. The molecule has 0 bridgehead atoms. The molecule has 0 heterocycles. The molecule has 60 valence electrons. The van der Waals surface area contributed by atoms with E-state index in [1.165, 1.54) is 0 Å². The third-order valence-corrected chi connectivity index (χ3v) is 2.90. The predicted molar refractivity (Wildman–Crippen MR) is 53.4 cm³/mol. The van der Waals surface area contributed by atoms with E-state index < -0.39 is 0 Å². The summed E-state index contributed by atoms with van der Waals surface area (Å²) in [7, 11) is 0. The largest absolute Gasteiger partial charge is 0.122 e. The second kappa shape index (κ2) is 3.79. The summed E-state index contributed by atoms with van der Waals surface area (Å²) in [6, 6.07) is 3.86. The molecule has 0 aliphatic carbocycles. The van der Waals surface area contributed by atoms with Crippen LogP contribution >= 0.6 is 39.1 Å². The van der Waals surface area contributed by atoms with Crippen molar-refractivity contribution in [3.05, 3.63) is 32.8 Å². The number of hydrogen-bond donors (Lipinski definition) is 0. The Labute approximate surface area is 84.6 Å². The van der Waals surface area contributed by atoms with Crippen molar-refractivity contribution in [1.29, 1.82) is 0 Å². The molecule has 0 unspecified atom stereocenters. The van der Waals surface area contributed by atoms with E-state index in [1.54, 1.807) is 0 Å². The standard InChI is InChI=1S/C8H7BrCl2/c1-5-2-6(4-10)7(9)3-8(5)11/h2-3H,4H2,1H3. The monoisotopic (exact) mass is 252 g/mol. The molecule has 3 heteroatoms. The first-order valence-electron chi connectivity index (χ1n) is 3.15. The molecule has 0 aliphatic rings. The molecule has 0 fully saturated rings. The van der Waals surface area contributed by atoms with Crippen LogP contribution < -0.4 is 0 Å². The summed E-state index contributed by atoms with van der Waals surface area (Å²) in [5.41, 5.74) is 2.14. The Hall–Kier alpha value is 0.280. The zero-order valence-electron chi connectivity index (χ0n) is 6.00. The van der Waals surface area contributed by atoms with Crippen molar-refractivity contribution in [3.63, 3.8) is 0 Å². The van der Waals surface area contributed by atoms with Crippen LogP contribution in [0.15, 0.2) is 16.6 Å². The van der Waals surface area contributed by atoms with Gasteiger partial charge in [-0.25, -0.2) is 0 Å². The molecule has 0 nitrogen and oxygen atoms in total. The molecule has 0 spiro atoms. The van der Waals surface area contributed by atoms with E-state index in [9.17, 15) is 0 Å². The van der Waals surface area contributed by atoms with Crippen LogP contribution in [0, 0.1) is 6.92 Å². The molecule has 0 atom stereocenters. The fraction of sp³-hybridized carbons (Fsp3) is 0.250. The van der Waals surface area contributed by atoms with Gasteiger partial charge in [0.25, 0.3) is 0 Å². The van der Waals surface area contributed by atoms with Crippen molar-refractivity contribution in [2.75, 3.05) is 0 Å². The Morgan fingerprint density at radius 1 is 1.45 bits per heavy atom. The van der Waals surface area contributed by atoms with Gasteiger partial charge < -0.3 is 0 Å². The molecule has 1 aromatic rings. The van der Waals surface area contributed by atoms with Crippen LogP contribution in [0.25, 0.3) is 0 Å². The molecule has 0 N–H and O–H groups in total. The molecule has 0 aliphatic heterocycles. The first kappa shape index (κ1) is 9.37. The minimum absolute atomic E-state index is 0.512. The second-order valence-corrected chi connectivity index (χ2v) is 3.86. The van der Waals surface area contributed by atoms with E-state index in [2.05, 4.69) is 15.9 Å². The third-order valence-electron chi connectivity index (χ3n) is 1.47. The summed E-state index contributed by atoms with van der Waals surface area (Å²) in [5.74, 6) is 0.512. The van der Waals surface area contributed by atoms with E-state index in [-0.39, 0.29) is 0 Å². The van der Waals surface area contributed by atoms with Crippen molar-refractivity contribution in [2.24, 2.45) is 0 Å². The summed E-state index contributed by atoms with van der Waals surface area (Å²) in [5, 5.41) is 0.769. The highest BCUT2D eigenvalue weighted by molar-refractivity contribution is 9.10. The van der Waals surface area contributed by atoms with E-state index >= 15 is 0 Å². The summed E-state index contributed by atoms with van der Waals surface area (Å²) >= 11 is 14.9. The fourth-order valence-corrected chi connectivity index (χ4v) is 1.98. The highest BCUT2D eigenvalue weighted by Gasteiger charge is 2.01. The van der Waals surface area contributed by atoms with Gasteiger partial charge in [0, 0.05) is 15.4 Å². The lowest BCUT2D eigenvalue weighted by Gasteiger charge is -2.03. The number of benzene rings is 1. The van der Waals surface area contributed by atoms with E-state index in [0.29, 0.717) is 5.88 Å². The van der Waals surface area contributed by atoms with Gasteiger partial charge in [-0.2, -0.15) is 0 Å². The summed E-state index contributed by atoms with van der Waals surface area (Å²) in [4.78, 5) is 0. The fourth-order valence-electron chi connectivity index (χ4n) is 0.819. The summed E-state index contributed by atoms with van der Waals surface area (Å²) in [6.07, 6.45) is 0. The minimum atomic E-state index is 0.512. The summed E-state index contributed by atoms with van der Waals surface area (Å²) in [6.45, 7) is 1.96. The molecule has 0 radical (unpaired) electrons. The van der Waals surface area contributed by atoms with Crippen LogP contribution in [0.3, 0.4) is 0 Å². The molecule has 0 saturated carbocycles. The van der Waals surface area contributed by atoms with E-state index in [0.717, 1.165) is 20.6 Å². The molecule has 1 aromatic carbocycles. The van der Waals surface area contributed by atoms with Crippen LogP contribution in [0.5, 0.6) is 0 Å². The topological polar surface area (TPSA) is 0 Å². The van der Waals surface area contributed by atoms with Crippen LogP contribution in [0.2, 0.25) is 5.02 Å². The Bertz CT molecular complexity index is 271. The van der Waals surface area contributed by atoms with Gasteiger partial charge in [-0.3, -0.25) is 0 Å². The Morgan fingerprint density at radius 2 is 2.09 bits per heavy atom. The van der Waals surface area contributed by atoms with Crippen LogP contribution in [-0.4, -0.2) is 0 Å². The molecular formula is C8H7BrCl2. The lowest BCUT2D eigenvalue weighted by molar-refractivity contribution is 1.32. The maximum atomic E-state index is 5.87. The minimum Gasteiger partial charge on any atom is -0.122 e. The average molecular weight is 254 g/mol. The molecule has 0 aromatic heterocycles. The lowest BCUT2D eigenvalue weighted by atomic mass is 10.2. The van der Waals surface area contributed by atoms with E-state index in [4.69, 9.17) is 23.2 Å². The maximum absolute atomic E-state index is 5.87. The van der Waals surface area contributed by atoms with E-state index in [1.807, 2.05) is 19.1 Å². The van der Waals surface area contributed by atoms with Gasteiger partial charge in [-0.1, -0.05) is 33.6 Å². The molecule has 0 saturated heterocycles. The first-order chi connectivity index (χ1) is 5.15. The summed E-state index contributed by atoms with van der Waals surface area (Å²) < 4.78 is 0.975. The normalized spacial score (nSPS) is 10.2. The molecule has 0 amide bonds.